The number of benzene rings is 2. The van der Waals surface area contributed by atoms with Gasteiger partial charge in [0, 0.05) is 5.69 Å². The Morgan fingerprint density at radius 1 is 1.00 bits per heavy atom. The van der Waals surface area contributed by atoms with Gasteiger partial charge in [-0.15, -0.1) is 5.10 Å². The lowest BCUT2D eigenvalue weighted by Gasteiger charge is -2.09. The predicted molar refractivity (Wildman–Crippen MR) is 106 cm³/mol. The zero-order chi connectivity index (χ0) is 20.1. The number of methoxy groups -OCH3 is 1. The highest BCUT2D eigenvalue weighted by Gasteiger charge is 2.19. The number of ether oxygens (including phenoxy) is 1. The fourth-order valence-corrected chi connectivity index (χ4v) is 2.69. The number of para-hydroxylation sites is 3. The van der Waals surface area contributed by atoms with E-state index in [1.807, 2.05) is 37.3 Å². The third-order valence-electron chi connectivity index (χ3n) is 4.27. The topological polar surface area (TPSA) is 98.1 Å². The zero-order valence-electron chi connectivity index (χ0n) is 15.9. The average Bonchev–Trinajstić information content (AvgIpc) is 3.04. The minimum absolute atomic E-state index is 0.0465. The van der Waals surface area contributed by atoms with Gasteiger partial charge in [-0.3, -0.25) is 9.59 Å². The first kappa shape index (κ1) is 19.1. The molecule has 0 unspecified atom stereocenters. The molecule has 2 N–H and O–H groups in total. The van der Waals surface area contributed by atoms with Crippen molar-refractivity contribution in [1.29, 1.82) is 0 Å². The summed E-state index contributed by atoms with van der Waals surface area (Å²) in [5, 5.41) is 13.5. The van der Waals surface area contributed by atoms with Crippen molar-refractivity contribution >= 4 is 23.2 Å². The van der Waals surface area contributed by atoms with Crippen molar-refractivity contribution in [3.8, 4) is 5.75 Å². The van der Waals surface area contributed by atoms with Gasteiger partial charge >= 0.3 is 0 Å². The number of nitrogens with one attached hydrogen (secondary N) is 2. The highest BCUT2D eigenvalue weighted by molar-refractivity contribution is 6.04. The Hall–Kier alpha value is -3.68. The van der Waals surface area contributed by atoms with Crippen molar-refractivity contribution in [2.45, 2.75) is 20.4 Å². The lowest BCUT2D eigenvalue weighted by Crippen LogP contribution is -2.21. The Morgan fingerprint density at radius 2 is 1.68 bits per heavy atom. The summed E-state index contributed by atoms with van der Waals surface area (Å²) in [4.78, 5) is 24.9. The van der Waals surface area contributed by atoms with Crippen LogP contribution in [0.5, 0.6) is 5.75 Å². The van der Waals surface area contributed by atoms with Crippen LogP contribution in [0.3, 0.4) is 0 Å². The van der Waals surface area contributed by atoms with Crippen LogP contribution in [0.1, 0.15) is 21.7 Å². The molecule has 3 rings (SSSR count). The summed E-state index contributed by atoms with van der Waals surface area (Å²) < 4.78 is 6.62. The molecule has 28 heavy (non-hydrogen) atoms. The Bertz CT molecular complexity index is 1010. The third kappa shape index (κ3) is 4.17. The second-order valence-electron chi connectivity index (χ2n) is 6.20. The second kappa shape index (κ2) is 8.34. The van der Waals surface area contributed by atoms with Crippen molar-refractivity contribution in [2.24, 2.45) is 0 Å². The summed E-state index contributed by atoms with van der Waals surface area (Å²) in [5.41, 5.74) is 2.87. The highest BCUT2D eigenvalue weighted by Crippen LogP contribution is 2.23. The molecule has 1 aromatic heterocycles. The normalized spacial score (nSPS) is 10.4. The maximum Gasteiger partial charge on any atom is 0.278 e. The number of anilines is 2. The van der Waals surface area contributed by atoms with E-state index in [1.165, 1.54) is 11.8 Å². The SMILES string of the molecule is COc1ccccc1NC(=O)c1nnn(CC(=O)Nc2ccccc2C)c1C. The molecule has 144 valence electrons. The molecule has 0 saturated carbocycles. The maximum absolute atomic E-state index is 12.6. The molecule has 0 radical (unpaired) electrons. The van der Waals surface area contributed by atoms with Gasteiger partial charge in [-0.05, 0) is 37.6 Å². The van der Waals surface area contributed by atoms with Crippen molar-refractivity contribution < 1.29 is 14.3 Å². The molecule has 2 aromatic carbocycles. The van der Waals surface area contributed by atoms with Crippen LogP contribution in [0.4, 0.5) is 11.4 Å². The molecule has 0 saturated heterocycles. The van der Waals surface area contributed by atoms with Crippen LogP contribution >= 0.6 is 0 Å². The van der Waals surface area contributed by atoms with Gasteiger partial charge < -0.3 is 15.4 Å². The van der Waals surface area contributed by atoms with E-state index in [0.717, 1.165) is 11.3 Å². The second-order valence-corrected chi connectivity index (χ2v) is 6.20. The Morgan fingerprint density at radius 3 is 2.39 bits per heavy atom. The summed E-state index contributed by atoms with van der Waals surface area (Å²) in [6, 6.07) is 14.6. The number of amides is 2. The molecular weight excluding hydrogens is 358 g/mol. The van der Waals surface area contributed by atoms with Crippen LogP contribution < -0.4 is 15.4 Å². The summed E-state index contributed by atoms with van der Waals surface area (Å²) in [6.45, 7) is 3.56. The number of carbonyl (C=O) groups is 2. The number of aromatic nitrogens is 3. The fraction of sp³-hybridized carbons (Fsp3) is 0.200. The first-order valence-electron chi connectivity index (χ1n) is 8.69. The van der Waals surface area contributed by atoms with Crippen LogP contribution in [0.25, 0.3) is 0 Å². The van der Waals surface area contributed by atoms with Crippen molar-refractivity contribution in [3.05, 3.63) is 65.5 Å². The van der Waals surface area contributed by atoms with Gasteiger partial charge in [0.05, 0.1) is 18.5 Å². The Labute approximate surface area is 162 Å². The summed E-state index contributed by atoms with van der Waals surface area (Å²) in [6.07, 6.45) is 0. The molecule has 0 fully saturated rings. The molecule has 3 aromatic rings. The molecule has 0 aliphatic rings. The van der Waals surface area contributed by atoms with E-state index >= 15 is 0 Å². The highest BCUT2D eigenvalue weighted by atomic mass is 16.5. The molecule has 1 heterocycles. The summed E-state index contributed by atoms with van der Waals surface area (Å²) in [7, 11) is 1.53. The van der Waals surface area contributed by atoms with Gasteiger partial charge in [-0.25, -0.2) is 4.68 Å². The summed E-state index contributed by atoms with van der Waals surface area (Å²) in [5.74, 6) is -0.134. The lowest BCUT2D eigenvalue weighted by atomic mass is 10.2. The van der Waals surface area contributed by atoms with E-state index < -0.39 is 5.91 Å². The van der Waals surface area contributed by atoms with E-state index in [0.29, 0.717) is 17.1 Å². The number of hydrogen-bond donors (Lipinski definition) is 2. The van der Waals surface area contributed by atoms with Crippen LogP contribution in [0, 0.1) is 13.8 Å². The molecule has 2 amide bonds. The van der Waals surface area contributed by atoms with Crippen LogP contribution in [-0.2, 0) is 11.3 Å². The summed E-state index contributed by atoms with van der Waals surface area (Å²) >= 11 is 0. The van der Waals surface area contributed by atoms with Crippen LogP contribution in [0.2, 0.25) is 0 Å². The Kier molecular flexibility index (Phi) is 5.69. The van der Waals surface area contributed by atoms with Crippen LogP contribution in [0.15, 0.2) is 48.5 Å². The fourth-order valence-electron chi connectivity index (χ4n) is 2.69. The van der Waals surface area contributed by atoms with Gasteiger partial charge in [-0.2, -0.15) is 0 Å². The number of nitrogens with zero attached hydrogens (tertiary/aromatic N) is 3. The Balaban J connectivity index is 1.70. The van der Waals surface area contributed by atoms with Gasteiger partial charge in [-0.1, -0.05) is 35.5 Å². The van der Waals surface area contributed by atoms with Crippen LogP contribution in [-0.4, -0.2) is 33.9 Å². The first-order valence-corrected chi connectivity index (χ1v) is 8.69. The van der Waals surface area contributed by atoms with Gasteiger partial charge in [0.15, 0.2) is 5.69 Å². The lowest BCUT2D eigenvalue weighted by molar-refractivity contribution is -0.117. The minimum Gasteiger partial charge on any atom is -0.495 e. The van der Waals surface area contributed by atoms with E-state index in [4.69, 9.17) is 4.74 Å². The van der Waals surface area contributed by atoms with E-state index in [2.05, 4.69) is 20.9 Å². The van der Waals surface area contributed by atoms with Gasteiger partial charge in [0.1, 0.15) is 12.3 Å². The minimum atomic E-state index is -0.424. The smallest absolute Gasteiger partial charge is 0.278 e. The average molecular weight is 379 g/mol. The molecule has 0 atom stereocenters. The molecule has 0 bridgehead atoms. The maximum atomic E-state index is 12.6. The zero-order valence-corrected chi connectivity index (χ0v) is 15.9. The first-order chi connectivity index (χ1) is 13.5. The predicted octanol–water partition coefficient (Wildman–Crippen LogP) is 2.79. The van der Waals surface area contributed by atoms with E-state index in [9.17, 15) is 9.59 Å². The molecule has 8 heteroatoms. The van der Waals surface area contributed by atoms with Crippen molar-refractivity contribution in [2.75, 3.05) is 17.7 Å². The van der Waals surface area contributed by atoms with Gasteiger partial charge in [0.25, 0.3) is 5.91 Å². The largest absolute Gasteiger partial charge is 0.495 e. The van der Waals surface area contributed by atoms with E-state index in [1.54, 1.807) is 25.1 Å². The number of hydrogen-bond acceptors (Lipinski definition) is 5. The quantitative estimate of drug-likeness (QED) is 0.686. The van der Waals surface area contributed by atoms with Crippen molar-refractivity contribution in [1.82, 2.24) is 15.0 Å². The molecule has 0 spiro atoms. The number of rotatable bonds is 6. The number of carbonyl (C=O) groups excluding carboxylic acids is 2. The molecule has 8 nitrogen and oxygen atoms in total. The molecular formula is C20H21N5O3. The monoisotopic (exact) mass is 379 g/mol. The molecule has 0 aliphatic heterocycles. The number of aryl methyl sites for hydroxylation is 1. The van der Waals surface area contributed by atoms with Gasteiger partial charge in [0.2, 0.25) is 5.91 Å². The van der Waals surface area contributed by atoms with Crippen molar-refractivity contribution in [3.63, 3.8) is 0 Å². The molecule has 0 aliphatic carbocycles. The standard InChI is InChI=1S/C20H21N5O3/c1-13-8-4-5-9-15(13)21-18(26)12-25-14(2)19(23-24-25)20(27)22-16-10-6-7-11-17(16)28-3/h4-11H,12H2,1-3H3,(H,21,26)(H,22,27). The van der Waals surface area contributed by atoms with E-state index in [-0.39, 0.29) is 18.1 Å². The third-order valence-corrected chi connectivity index (χ3v) is 4.27.